The molecular formula is C7H9N3O3. The fourth-order valence-corrected chi connectivity index (χ4v) is 0.913. The lowest BCUT2D eigenvalue weighted by molar-refractivity contribution is 0.567. The molecule has 0 radical (unpaired) electrons. The predicted molar refractivity (Wildman–Crippen MR) is 46.9 cm³/mol. The Morgan fingerprint density at radius 2 is 1.77 bits per heavy atom. The predicted octanol–water partition coefficient (Wildman–Crippen LogP) is -1.03. The van der Waals surface area contributed by atoms with Crippen LogP contribution >= 0.6 is 0 Å². The van der Waals surface area contributed by atoms with Crippen molar-refractivity contribution in [3.63, 3.8) is 0 Å². The number of aromatic nitrogens is 3. The molecule has 0 spiro atoms. The number of allylic oxidation sites excluding steroid dienone is 1. The molecule has 1 rings (SSSR count). The van der Waals surface area contributed by atoms with Crippen LogP contribution < -0.4 is 17.1 Å². The maximum atomic E-state index is 11.1. The van der Waals surface area contributed by atoms with Crippen LogP contribution in [0, 0.1) is 0 Å². The number of aromatic amines is 2. The van der Waals surface area contributed by atoms with Crippen molar-refractivity contribution < 1.29 is 0 Å². The number of H-pyrrole nitrogens is 2. The van der Waals surface area contributed by atoms with Crippen molar-refractivity contribution in [1.82, 2.24) is 14.5 Å². The average molecular weight is 183 g/mol. The van der Waals surface area contributed by atoms with Crippen LogP contribution in [0.3, 0.4) is 0 Å². The highest BCUT2D eigenvalue weighted by Gasteiger charge is 2.06. The Morgan fingerprint density at radius 3 is 2.15 bits per heavy atom. The molecule has 0 aliphatic rings. The maximum Gasteiger partial charge on any atom is 0.334 e. The van der Waals surface area contributed by atoms with Crippen LogP contribution in [0.15, 0.2) is 27.0 Å². The first kappa shape index (κ1) is 9.24. The van der Waals surface area contributed by atoms with Crippen LogP contribution in [0.25, 0.3) is 0 Å². The molecule has 0 bridgehead atoms. The molecule has 0 aliphatic heterocycles. The molecule has 1 aromatic rings. The number of rotatable bonds is 2. The van der Waals surface area contributed by atoms with E-state index in [9.17, 15) is 14.4 Å². The third-order valence-corrected chi connectivity index (χ3v) is 1.63. The molecule has 0 aromatic carbocycles. The van der Waals surface area contributed by atoms with E-state index in [0.29, 0.717) is 0 Å². The Morgan fingerprint density at radius 1 is 1.31 bits per heavy atom. The molecule has 0 saturated carbocycles. The minimum atomic E-state index is -0.803. The zero-order chi connectivity index (χ0) is 10.0. The van der Waals surface area contributed by atoms with Crippen LogP contribution in [0.4, 0.5) is 0 Å². The first-order chi connectivity index (χ1) is 6.06. The second-order valence-corrected chi connectivity index (χ2v) is 2.54. The van der Waals surface area contributed by atoms with E-state index in [1.807, 2.05) is 9.97 Å². The maximum absolute atomic E-state index is 11.1. The molecule has 70 valence electrons. The van der Waals surface area contributed by atoms with Crippen LogP contribution in [0.2, 0.25) is 0 Å². The highest BCUT2D eigenvalue weighted by atomic mass is 16.2. The Hall–Kier alpha value is -1.85. The molecule has 0 aliphatic carbocycles. The van der Waals surface area contributed by atoms with Crippen molar-refractivity contribution in [2.24, 2.45) is 0 Å². The lowest BCUT2D eigenvalue weighted by Gasteiger charge is -2.06. The fourth-order valence-electron chi connectivity index (χ4n) is 0.913. The van der Waals surface area contributed by atoms with Gasteiger partial charge in [-0.05, 0) is 6.92 Å². The van der Waals surface area contributed by atoms with Gasteiger partial charge in [-0.15, -0.1) is 6.58 Å². The van der Waals surface area contributed by atoms with Gasteiger partial charge in [-0.2, -0.15) is 0 Å². The van der Waals surface area contributed by atoms with Gasteiger partial charge >= 0.3 is 17.1 Å². The molecule has 13 heavy (non-hydrogen) atoms. The monoisotopic (exact) mass is 183 g/mol. The van der Waals surface area contributed by atoms with Crippen molar-refractivity contribution in [2.75, 3.05) is 0 Å². The second-order valence-electron chi connectivity index (χ2n) is 2.54. The van der Waals surface area contributed by atoms with Gasteiger partial charge in [0.2, 0.25) is 0 Å². The van der Waals surface area contributed by atoms with Gasteiger partial charge in [0, 0.05) is 0 Å². The zero-order valence-electron chi connectivity index (χ0n) is 7.03. The zero-order valence-corrected chi connectivity index (χ0v) is 7.03. The molecule has 2 N–H and O–H groups in total. The Labute approximate surface area is 72.6 Å². The number of hydrogen-bond acceptors (Lipinski definition) is 3. The number of nitrogens with one attached hydrogen (secondary N) is 2. The highest BCUT2D eigenvalue weighted by Crippen LogP contribution is 1.95. The quantitative estimate of drug-likeness (QED) is 0.575. The van der Waals surface area contributed by atoms with Gasteiger partial charge in [-0.25, -0.2) is 19.0 Å². The first-order valence-electron chi connectivity index (χ1n) is 3.64. The van der Waals surface area contributed by atoms with Gasteiger partial charge in [-0.3, -0.25) is 9.97 Å². The average Bonchev–Trinajstić information content (AvgIpc) is 2.02. The minimum absolute atomic E-state index is 0.451. The van der Waals surface area contributed by atoms with Crippen molar-refractivity contribution in [3.05, 3.63) is 44.1 Å². The van der Waals surface area contributed by atoms with E-state index in [1.165, 1.54) is 6.08 Å². The van der Waals surface area contributed by atoms with Crippen molar-refractivity contribution >= 4 is 0 Å². The molecule has 1 atom stereocenters. The summed E-state index contributed by atoms with van der Waals surface area (Å²) < 4.78 is 0.869. The summed E-state index contributed by atoms with van der Waals surface area (Å²) in [4.78, 5) is 36.7. The summed E-state index contributed by atoms with van der Waals surface area (Å²) in [6.45, 7) is 5.05. The van der Waals surface area contributed by atoms with E-state index in [2.05, 4.69) is 6.58 Å². The molecule has 0 amide bonds. The molecule has 6 nitrogen and oxygen atoms in total. The lowest BCUT2D eigenvalue weighted by atomic mass is 10.3. The number of nitrogens with zero attached hydrogens (tertiary/aromatic N) is 1. The van der Waals surface area contributed by atoms with E-state index >= 15 is 0 Å². The van der Waals surface area contributed by atoms with Gasteiger partial charge in [0.15, 0.2) is 0 Å². The number of hydrogen-bond donors (Lipinski definition) is 2. The van der Waals surface area contributed by atoms with Crippen molar-refractivity contribution in [1.29, 1.82) is 0 Å². The van der Waals surface area contributed by atoms with E-state index < -0.39 is 23.1 Å². The fraction of sp³-hybridized carbons (Fsp3) is 0.286. The molecule has 1 heterocycles. The van der Waals surface area contributed by atoms with E-state index in [-0.39, 0.29) is 0 Å². The summed E-state index contributed by atoms with van der Waals surface area (Å²) >= 11 is 0. The summed E-state index contributed by atoms with van der Waals surface area (Å²) in [6.07, 6.45) is 1.43. The minimum Gasteiger partial charge on any atom is -0.259 e. The molecule has 1 unspecified atom stereocenters. The molecule has 0 saturated heterocycles. The Bertz CT molecular complexity index is 444. The SMILES string of the molecule is C=CC(C)n1c(=O)[nH]c(=O)[nH]c1=O. The molecule has 6 heteroatoms. The smallest absolute Gasteiger partial charge is 0.259 e. The van der Waals surface area contributed by atoms with E-state index in [1.54, 1.807) is 6.92 Å². The Balaban J connectivity index is 3.56. The largest absolute Gasteiger partial charge is 0.334 e. The normalized spacial score (nSPS) is 12.4. The van der Waals surface area contributed by atoms with Gasteiger partial charge < -0.3 is 0 Å². The van der Waals surface area contributed by atoms with Crippen LogP contribution in [0.1, 0.15) is 13.0 Å². The van der Waals surface area contributed by atoms with Crippen LogP contribution in [0.5, 0.6) is 0 Å². The van der Waals surface area contributed by atoms with Crippen LogP contribution in [-0.2, 0) is 0 Å². The van der Waals surface area contributed by atoms with Gasteiger partial charge in [0.1, 0.15) is 0 Å². The van der Waals surface area contributed by atoms with Gasteiger partial charge in [0.05, 0.1) is 6.04 Å². The van der Waals surface area contributed by atoms with E-state index in [4.69, 9.17) is 0 Å². The molecule has 0 fully saturated rings. The summed E-state index contributed by atoms with van der Waals surface area (Å²) in [7, 11) is 0. The summed E-state index contributed by atoms with van der Waals surface area (Å²) in [5, 5.41) is 0. The summed E-state index contributed by atoms with van der Waals surface area (Å²) in [5.74, 6) is 0. The topological polar surface area (TPSA) is 87.7 Å². The highest BCUT2D eigenvalue weighted by molar-refractivity contribution is 4.84. The first-order valence-corrected chi connectivity index (χ1v) is 3.64. The summed E-state index contributed by atoms with van der Waals surface area (Å²) in [5.41, 5.74) is -2.27. The summed E-state index contributed by atoms with van der Waals surface area (Å²) in [6, 6.07) is -0.451. The second kappa shape index (κ2) is 3.26. The third-order valence-electron chi connectivity index (χ3n) is 1.63. The Kier molecular flexibility index (Phi) is 2.32. The van der Waals surface area contributed by atoms with Gasteiger partial charge in [0.25, 0.3) is 0 Å². The van der Waals surface area contributed by atoms with Gasteiger partial charge in [-0.1, -0.05) is 6.08 Å². The third kappa shape index (κ3) is 1.66. The lowest BCUT2D eigenvalue weighted by Crippen LogP contribution is -2.44. The van der Waals surface area contributed by atoms with Crippen molar-refractivity contribution in [3.8, 4) is 0 Å². The molecule has 1 aromatic heterocycles. The molecular weight excluding hydrogens is 174 g/mol. The van der Waals surface area contributed by atoms with Crippen molar-refractivity contribution in [2.45, 2.75) is 13.0 Å². The van der Waals surface area contributed by atoms with Crippen LogP contribution in [-0.4, -0.2) is 14.5 Å². The van der Waals surface area contributed by atoms with E-state index in [0.717, 1.165) is 4.57 Å². The standard InChI is InChI=1S/C7H9N3O3/c1-3-4(2)10-6(12)8-5(11)9-7(10)13/h3-4H,1H2,2H3,(H2,8,9,11,12,13).